The van der Waals surface area contributed by atoms with Gasteiger partial charge in [0.25, 0.3) is 0 Å². The topological polar surface area (TPSA) is 79.5 Å². The van der Waals surface area contributed by atoms with E-state index in [1.54, 1.807) is 13.2 Å². The minimum atomic E-state index is 0.216. The van der Waals surface area contributed by atoms with Gasteiger partial charge in [0, 0.05) is 25.2 Å². The largest absolute Gasteiger partial charge is 0.504 e. The standard InChI is InChI=1S/C13H23N3O2/c1-18-12-5-2-4-11(13(12)17)10-16-8-3-7-15-9-6-14/h2,4-5,15-17H,3,6-10,14H2,1H3. The first kappa shape index (κ1) is 14.8. The van der Waals surface area contributed by atoms with Gasteiger partial charge in [0.15, 0.2) is 11.5 Å². The molecule has 0 saturated heterocycles. The summed E-state index contributed by atoms with van der Waals surface area (Å²) < 4.78 is 5.06. The molecule has 1 aromatic carbocycles. The van der Waals surface area contributed by atoms with Crippen molar-refractivity contribution >= 4 is 0 Å². The SMILES string of the molecule is COc1cccc(CNCCCNCCN)c1O. The third-order valence-electron chi connectivity index (χ3n) is 2.65. The predicted molar refractivity (Wildman–Crippen MR) is 72.9 cm³/mol. The fraction of sp³-hybridized carbons (Fsp3) is 0.538. The second-order valence-corrected chi connectivity index (χ2v) is 4.04. The summed E-state index contributed by atoms with van der Waals surface area (Å²) >= 11 is 0. The third kappa shape index (κ3) is 4.91. The number of methoxy groups -OCH3 is 1. The molecule has 5 heteroatoms. The van der Waals surface area contributed by atoms with Gasteiger partial charge in [-0.15, -0.1) is 0 Å². The molecule has 1 rings (SSSR count). The molecule has 0 unspecified atom stereocenters. The van der Waals surface area contributed by atoms with E-state index in [2.05, 4.69) is 10.6 Å². The van der Waals surface area contributed by atoms with Crippen molar-refractivity contribution < 1.29 is 9.84 Å². The van der Waals surface area contributed by atoms with Crippen molar-refractivity contribution in [3.8, 4) is 11.5 Å². The van der Waals surface area contributed by atoms with E-state index in [9.17, 15) is 5.11 Å². The van der Waals surface area contributed by atoms with Gasteiger partial charge < -0.3 is 26.2 Å². The van der Waals surface area contributed by atoms with Gasteiger partial charge in [-0.1, -0.05) is 12.1 Å². The molecule has 0 heterocycles. The molecule has 0 bridgehead atoms. The molecule has 0 radical (unpaired) electrons. The van der Waals surface area contributed by atoms with Gasteiger partial charge in [0.1, 0.15) is 0 Å². The molecule has 0 spiro atoms. The first-order valence-corrected chi connectivity index (χ1v) is 6.26. The summed E-state index contributed by atoms with van der Waals surface area (Å²) in [7, 11) is 1.55. The number of nitrogens with one attached hydrogen (secondary N) is 2. The van der Waals surface area contributed by atoms with Gasteiger partial charge in [-0.3, -0.25) is 0 Å². The van der Waals surface area contributed by atoms with Gasteiger partial charge >= 0.3 is 0 Å². The van der Waals surface area contributed by atoms with Crippen LogP contribution in [0.2, 0.25) is 0 Å². The smallest absolute Gasteiger partial charge is 0.162 e. The molecule has 0 saturated carbocycles. The molecule has 0 aliphatic carbocycles. The zero-order valence-electron chi connectivity index (χ0n) is 10.9. The average molecular weight is 253 g/mol. The van der Waals surface area contributed by atoms with E-state index in [0.29, 0.717) is 18.8 Å². The van der Waals surface area contributed by atoms with Crippen molar-refractivity contribution in [1.29, 1.82) is 0 Å². The molecule has 18 heavy (non-hydrogen) atoms. The van der Waals surface area contributed by atoms with Crippen LogP contribution in [0.5, 0.6) is 11.5 Å². The normalized spacial score (nSPS) is 10.6. The lowest BCUT2D eigenvalue weighted by molar-refractivity contribution is 0.369. The molecule has 0 aliphatic rings. The van der Waals surface area contributed by atoms with Crippen molar-refractivity contribution in [3.05, 3.63) is 23.8 Å². The molecule has 5 N–H and O–H groups in total. The van der Waals surface area contributed by atoms with Crippen LogP contribution in [0.15, 0.2) is 18.2 Å². The Balaban J connectivity index is 2.23. The summed E-state index contributed by atoms with van der Waals surface area (Å²) in [6.45, 7) is 4.02. The molecule has 1 aromatic rings. The Hall–Kier alpha value is -1.30. The lowest BCUT2D eigenvalue weighted by atomic mass is 10.2. The van der Waals surface area contributed by atoms with Crippen LogP contribution in [-0.2, 0) is 6.54 Å². The minimum Gasteiger partial charge on any atom is -0.504 e. The Morgan fingerprint density at radius 1 is 1.22 bits per heavy atom. The van der Waals surface area contributed by atoms with Crippen LogP contribution in [0.25, 0.3) is 0 Å². The maximum absolute atomic E-state index is 9.87. The van der Waals surface area contributed by atoms with E-state index in [0.717, 1.165) is 31.6 Å². The quantitative estimate of drug-likeness (QED) is 0.480. The predicted octanol–water partition coefficient (Wildman–Crippen LogP) is 0.429. The number of para-hydroxylation sites is 1. The fourth-order valence-corrected chi connectivity index (χ4v) is 1.66. The van der Waals surface area contributed by atoms with E-state index < -0.39 is 0 Å². The molecular weight excluding hydrogens is 230 g/mol. The van der Waals surface area contributed by atoms with Crippen molar-refractivity contribution in [2.24, 2.45) is 5.73 Å². The van der Waals surface area contributed by atoms with Crippen molar-refractivity contribution in [1.82, 2.24) is 10.6 Å². The van der Waals surface area contributed by atoms with Crippen LogP contribution in [0.1, 0.15) is 12.0 Å². The van der Waals surface area contributed by atoms with E-state index in [1.165, 1.54) is 0 Å². The average Bonchev–Trinajstić information content (AvgIpc) is 2.39. The Morgan fingerprint density at radius 3 is 2.72 bits per heavy atom. The van der Waals surface area contributed by atoms with Crippen LogP contribution >= 0.6 is 0 Å². The maximum Gasteiger partial charge on any atom is 0.162 e. The van der Waals surface area contributed by atoms with E-state index >= 15 is 0 Å². The van der Waals surface area contributed by atoms with Gasteiger partial charge in [0.2, 0.25) is 0 Å². The Morgan fingerprint density at radius 2 is 2.00 bits per heavy atom. The molecule has 0 amide bonds. The first-order valence-electron chi connectivity index (χ1n) is 6.26. The Kier molecular flexibility index (Phi) is 7.17. The van der Waals surface area contributed by atoms with Gasteiger partial charge in [-0.2, -0.15) is 0 Å². The fourth-order valence-electron chi connectivity index (χ4n) is 1.66. The summed E-state index contributed by atoms with van der Waals surface area (Å²) in [5.74, 6) is 0.729. The second-order valence-electron chi connectivity index (χ2n) is 4.04. The summed E-state index contributed by atoms with van der Waals surface area (Å²) in [4.78, 5) is 0. The third-order valence-corrected chi connectivity index (χ3v) is 2.65. The highest BCUT2D eigenvalue weighted by molar-refractivity contribution is 5.45. The number of rotatable bonds is 9. The molecule has 0 aliphatic heterocycles. The van der Waals surface area contributed by atoms with Gasteiger partial charge in [-0.25, -0.2) is 0 Å². The zero-order chi connectivity index (χ0) is 13.2. The zero-order valence-corrected chi connectivity index (χ0v) is 10.9. The summed E-state index contributed by atoms with van der Waals surface area (Å²) in [6.07, 6.45) is 1.03. The summed E-state index contributed by atoms with van der Waals surface area (Å²) in [5.41, 5.74) is 6.22. The Labute approximate surface area is 108 Å². The number of aromatic hydroxyl groups is 1. The molecular formula is C13H23N3O2. The Bertz CT molecular complexity index is 345. The number of benzene rings is 1. The number of hydrogen-bond acceptors (Lipinski definition) is 5. The lowest BCUT2D eigenvalue weighted by Crippen LogP contribution is -2.26. The summed E-state index contributed by atoms with van der Waals surface area (Å²) in [5, 5.41) is 16.4. The monoisotopic (exact) mass is 253 g/mol. The van der Waals surface area contributed by atoms with Crippen LogP contribution in [0.3, 0.4) is 0 Å². The number of nitrogens with two attached hydrogens (primary N) is 1. The molecule has 0 aromatic heterocycles. The highest BCUT2D eigenvalue weighted by atomic mass is 16.5. The van der Waals surface area contributed by atoms with E-state index in [-0.39, 0.29) is 5.75 Å². The van der Waals surface area contributed by atoms with E-state index in [4.69, 9.17) is 10.5 Å². The number of phenols is 1. The number of phenolic OH excluding ortho intramolecular Hbond substituents is 1. The van der Waals surface area contributed by atoms with Crippen LogP contribution in [0.4, 0.5) is 0 Å². The van der Waals surface area contributed by atoms with Gasteiger partial charge in [-0.05, 0) is 25.6 Å². The van der Waals surface area contributed by atoms with Gasteiger partial charge in [0.05, 0.1) is 7.11 Å². The van der Waals surface area contributed by atoms with Crippen molar-refractivity contribution in [2.75, 3.05) is 33.3 Å². The highest BCUT2D eigenvalue weighted by Gasteiger charge is 2.05. The number of ether oxygens (including phenoxy) is 1. The minimum absolute atomic E-state index is 0.216. The van der Waals surface area contributed by atoms with Crippen molar-refractivity contribution in [2.45, 2.75) is 13.0 Å². The van der Waals surface area contributed by atoms with Crippen LogP contribution in [-0.4, -0.2) is 38.4 Å². The lowest BCUT2D eigenvalue weighted by Gasteiger charge is -2.10. The molecule has 0 fully saturated rings. The highest BCUT2D eigenvalue weighted by Crippen LogP contribution is 2.28. The van der Waals surface area contributed by atoms with Crippen LogP contribution < -0.4 is 21.1 Å². The van der Waals surface area contributed by atoms with Crippen molar-refractivity contribution in [3.63, 3.8) is 0 Å². The summed E-state index contributed by atoms with van der Waals surface area (Å²) in [6, 6.07) is 5.51. The second kappa shape index (κ2) is 8.74. The first-order chi connectivity index (χ1) is 8.79. The maximum atomic E-state index is 9.87. The van der Waals surface area contributed by atoms with E-state index in [1.807, 2.05) is 12.1 Å². The molecule has 102 valence electrons. The van der Waals surface area contributed by atoms with Crippen LogP contribution in [0, 0.1) is 0 Å². The molecule has 0 atom stereocenters. The number of hydrogen-bond donors (Lipinski definition) is 4. The molecule has 5 nitrogen and oxygen atoms in total.